The molecule has 18 aromatic rings. The van der Waals surface area contributed by atoms with Crippen LogP contribution >= 0.6 is 0 Å². The SMILES string of the molecule is Cc1nc(-c2ccccc2)nc(-c2ccccc2)n1.Cc1nc(-c2ccccc2)nc(-c2ccccn2)n1.Cc1nc(-c2ccccc2)nc(-c2cccnc2)n1.Cc1nc(-c2ccccc2)nc(-c2ccncc2)n1.Cc1nc2ccccc2n1-c1ccccc1.Cn1c(-c2ccccc2)nc2ccccc21. The highest BCUT2D eigenvalue weighted by Gasteiger charge is 2.14. The molecule has 0 saturated heterocycles. The van der Waals surface area contributed by atoms with E-state index < -0.39 is 0 Å². The molecule has 0 radical (unpaired) electrons. The lowest BCUT2D eigenvalue weighted by atomic mass is 10.2. The molecule has 9 heterocycles. The predicted octanol–water partition coefficient (Wildman–Crippen LogP) is 18.8. The summed E-state index contributed by atoms with van der Waals surface area (Å²) in [5.74, 6) is 10.3. The van der Waals surface area contributed by atoms with Gasteiger partial charge in [0.15, 0.2) is 46.6 Å². The first kappa shape index (κ1) is 71.8. The van der Waals surface area contributed by atoms with E-state index in [-0.39, 0.29) is 0 Å². The highest BCUT2D eigenvalue weighted by Crippen LogP contribution is 2.27. The number of nitrogens with zero attached hydrogens (tertiary/aromatic N) is 19. The summed E-state index contributed by atoms with van der Waals surface area (Å²) in [7, 11) is 2.05. The van der Waals surface area contributed by atoms with Crippen LogP contribution in [0.25, 0.3) is 130 Å². The topological polar surface area (TPSA) is 229 Å². The Hall–Kier alpha value is -14.6. The molecule has 9 aromatic carbocycles. The second kappa shape index (κ2) is 35.5. The van der Waals surface area contributed by atoms with Crippen LogP contribution in [0.15, 0.2) is 334 Å². The molecule has 0 saturated carbocycles. The zero-order chi connectivity index (χ0) is 74.2. The Balaban J connectivity index is 0.000000114. The van der Waals surface area contributed by atoms with E-state index in [0.717, 1.165) is 89.9 Å². The number of aromatic nitrogens is 19. The first-order valence-electron chi connectivity index (χ1n) is 34.9. The number of pyridine rings is 3. The molecule has 0 aliphatic heterocycles. The maximum absolute atomic E-state index is 4.65. The van der Waals surface area contributed by atoms with Gasteiger partial charge in [-0.1, -0.05) is 231 Å². The predicted molar refractivity (Wildman–Crippen MR) is 427 cm³/mol. The van der Waals surface area contributed by atoms with Gasteiger partial charge in [0.25, 0.3) is 0 Å². The summed E-state index contributed by atoms with van der Waals surface area (Å²) in [6.07, 6.45) is 8.68. The molecular formula is C89H73N19. The molecule has 0 amide bonds. The summed E-state index contributed by atoms with van der Waals surface area (Å²) in [6, 6.07) is 99.8. The fraction of sp³-hybridized carbons (Fsp3) is 0.0674. The van der Waals surface area contributed by atoms with Gasteiger partial charge in [0.2, 0.25) is 0 Å². The second-order valence-electron chi connectivity index (χ2n) is 24.3. The Kier molecular flexibility index (Phi) is 23.6. The maximum Gasteiger partial charge on any atom is 0.182 e. The number of para-hydroxylation sites is 5. The second-order valence-corrected chi connectivity index (χ2v) is 24.3. The van der Waals surface area contributed by atoms with Gasteiger partial charge in [0, 0.05) is 88.2 Å². The summed E-state index contributed by atoms with van der Waals surface area (Å²) < 4.78 is 4.31. The summed E-state index contributed by atoms with van der Waals surface area (Å²) >= 11 is 0. The van der Waals surface area contributed by atoms with Crippen LogP contribution in [-0.2, 0) is 7.05 Å². The van der Waals surface area contributed by atoms with Gasteiger partial charge in [0.1, 0.15) is 40.6 Å². The van der Waals surface area contributed by atoms with E-state index in [1.807, 2.05) is 302 Å². The van der Waals surface area contributed by atoms with Crippen LogP contribution in [0, 0.1) is 34.6 Å². The lowest BCUT2D eigenvalue weighted by Crippen LogP contribution is -2.00. The first-order valence-corrected chi connectivity index (χ1v) is 34.9. The lowest BCUT2D eigenvalue weighted by molar-refractivity contribution is 0.959. The van der Waals surface area contributed by atoms with Crippen molar-refractivity contribution in [3.63, 3.8) is 0 Å². The molecule has 18 rings (SSSR count). The molecule has 0 unspecified atom stereocenters. The van der Waals surface area contributed by atoms with E-state index >= 15 is 0 Å². The molecular weight excluding hydrogens is 1340 g/mol. The van der Waals surface area contributed by atoms with Gasteiger partial charge in [-0.15, -0.1) is 0 Å². The van der Waals surface area contributed by atoms with Crippen molar-refractivity contribution in [2.24, 2.45) is 7.05 Å². The van der Waals surface area contributed by atoms with Gasteiger partial charge in [0.05, 0.1) is 22.1 Å². The van der Waals surface area contributed by atoms with Gasteiger partial charge in [-0.2, -0.15) is 0 Å². The van der Waals surface area contributed by atoms with Crippen LogP contribution in [0.1, 0.15) is 29.1 Å². The molecule has 0 N–H and O–H groups in total. The van der Waals surface area contributed by atoms with E-state index in [4.69, 9.17) is 0 Å². The van der Waals surface area contributed by atoms with Gasteiger partial charge >= 0.3 is 0 Å². The number of benzene rings is 9. The highest BCUT2D eigenvalue weighted by atomic mass is 15.1. The molecule has 19 nitrogen and oxygen atoms in total. The van der Waals surface area contributed by atoms with Crippen LogP contribution in [0.5, 0.6) is 0 Å². The monoisotopic (exact) mass is 1410 g/mol. The van der Waals surface area contributed by atoms with E-state index in [1.54, 1.807) is 31.0 Å². The third-order valence-electron chi connectivity index (χ3n) is 16.5. The van der Waals surface area contributed by atoms with Gasteiger partial charge in [-0.05, 0) is 107 Å². The largest absolute Gasteiger partial charge is 0.327 e. The number of imidazole rings is 2. The average molecular weight is 1410 g/mol. The molecule has 0 spiro atoms. The molecule has 108 heavy (non-hydrogen) atoms. The number of aryl methyl sites for hydroxylation is 6. The fourth-order valence-electron chi connectivity index (χ4n) is 11.4. The van der Waals surface area contributed by atoms with Crippen molar-refractivity contribution < 1.29 is 0 Å². The molecule has 0 aliphatic rings. The minimum absolute atomic E-state index is 0.604. The van der Waals surface area contributed by atoms with Crippen LogP contribution < -0.4 is 0 Å². The van der Waals surface area contributed by atoms with Crippen LogP contribution in [0.4, 0.5) is 0 Å². The highest BCUT2D eigenvalue weighted by molar-refractivity contribution is 5.81. The Morgan fingerprint density at radius 3 is 0.963 bits per heavy atom. The van der Waals surface area contributed by atoms with Crippen molar-refractivity contribution in [1.29, 1.82) is 0 Å². The average Bonchev–Trinajstić information content (AvgIpc) is 1.64. The molecule has 0 bridgehead atoms. The lowest BCUT2D eigenvalue weighted by Gasteiger charge is -2.05. The van der Waals surface area contributed by atoms with Gasteiger partial charge in [-0.3, -0.25) is 19.5 Å². The third kappa shape index (κ3) is 18.8. The summed E-state index contributed by atoms with van der Waals surface area (Å²) in [5, 5.41) is 0. The Morgan fingerprint density at radius 2 is 0.565 bits per heavy atom. The normalized spacial score (nSPS) is 10.5. The first-order chi connectivity index (χ1) is 53.0. The Morgan fingerprint density at radius 1 is 0.231 bits per heavy atom. The molecule has 19 heteroatoms. The molecule has 0 atom stereocenters. The molecule has 9 aromatic heterocycles. The standard InChI is InChI=1S/C16H13N3.3C15H12N4.2C14H12N2/c1-12-17-15(13-8-4-2-5-9-13)19-16(18-12)14-10-6-3-7-11-14;1-11-17-14(12-7-3-2-4-8-12)19-15(18-11)13-9-5-6-10-16-13;1-11-17-14(12-6-3-2-4-7-12)19-15(18-11)13-8-5-9-16-10-13;1-11-17-14(12-5-3-2-4-6-12)19-15(18-11)13-7-9-16-10-8-13;1-16-13-10-6-5-9-12(13)15-14(16)11-7-3-2-4-8-11;1-11-15-13-9-5-6-10-14(13)16(11)12-7-3-2-4-8-12/h2-11H,1H3;3*2-10H,1H3;2*2-10H,1H3. The quantitative estimate of drug-likeness (QED) is 0.124. The minimum Gasteiger partial charge on any atom is -0.327 e. The van der Waals surface area contributed by atoms with Crippen LogP contribution in [0.3, 0.4) is 0 Å². The van der Waals surface area contributed by atoms with Crippen LogP contribution in [-0.4, -0.2) is 93.9 Å². The Labute approximate surface area is 625 Å². The van der Waals surface area contributed by atoms with Crippen LogP contribution in [0.2, 0.25) is 0 Å². The van der Waals surface area contributed by atoms with E-state index in [0.29, 0.717) is 64.1 Å². The number of hydrogen-bond acceptors (Lipinski definition) is 17. The molecule has 524 valence electrons. The number of hydrogen-bond donors (Lipinski definition) is 0. The molecule has 0 aliphatic carbocycles. The van der Waals surface area contributed by atoms with Crippen molar-refractivity contribution in [2.75, 3.05) is 0 Å². The zero-order valence-corrected chi connectivity index (χ0v) is 60.3. The minimum atomic E-state index is 0.604. The number of rotatable bonds is 10. The maximum atomic E-state index is 4.65. The van der Waals surface area contributed by atoms with Crippen molar-refractivity contribution in [2.45, 2.75) is 34.6 Å². The van der Waals surface area contributed by atoms with E-state index in [1.165, 1.54) is 5.52 Å². The van der Waals surface area contributed by atoms with Crippen molar-refractivity contribution in [1.82, 2.24) is 93.9 Å². The number of fused-ring (bicyclic) bond motifs is 2. The summed E-state index contributed by atoms with van der Waals surface area (Å²) in [4.78, 5) is 74.7. The van der Waals surface area contributed by atoms with E-state index in [9.17, 15) is 0 Å². The zero-order valence-electron chi connectivity index (χ0n) is 60.3. The van der Waals surface area contributed by atoms with Gasteiger partial charge < -0.3 is 4.57 Å². The van der Waals surface area contributed by atoms with Crippen molar-refractivity contribution >= 4 is 22.1 Å². The van der Waals surface area contributed by atoms with Crippen molar-refractivity contribution in [3.05, 3.63) is 363 Å². The Bertz CT molecular complexity index is 5120. The summed E-state index contributed by atoms with van der Waals surface area (Å²) in [5.41, 5.74) is 14.3. The summed E-state index contributed by atoms with van der Waals surface area (Å²) in [6.45, 7) is 9.53. The third-order valence-corrected chi connectivity index (χ3v) is 16.5. The molecule has 0 fully saturated rings. The van der Waals surface area contributed by atoms with E-state index in [2.05, 4.69) is 137 Å². The fourth-order valence-corrected chi connectivity index (χ4v) is 11.4. The van der Waals surface area contributed by atoms with Gasteiger partial charge in [-0.25, -0.2) is 69.8 Å². The van der Waals surface area contributed by atoms with Crippen molar-refractivity contribution in [3.8, 4) is 108 Å². The smallest absolute Gasteiger partial charge is 0.182 e.